The fraction of sp³-hybridized carbons (Fsp3) is 0.524. The van der Waals surface area contributed by atoms with Crippen LogP contribution in [-0.2, 0) is 14.6 Å². The van der Waals surface area contributed by atoms with Gasteiger partial charge in [0.2, 0.25) is 5.91 Å². The van der Waals surface area contributed by atoms with Gasteiger partial charge in [0.05, 0.1) is 27.8 Å². The molecule has 0 radical (unpaired) electrons. The normalized spacial score (nSPS) is 18.5. The van der Waals surface area contributed by atoms with Crippen molar-refractivity contribution in [1.82, 2.24) is 9.88 Å². The maximum absolute atomic E-state index is 12.9. The molecule has 7 heteroatoms. The highest BCUT2D eigenvalue weighted by Gasteiger charge is 2.34. The maximum Gasteiger partial charge on any atom is 0.233 e. The zero-order valence-corrected chi connectivity index (χ0v) is 18.4. The van der Waals surface area contributed by atoms with Crippen LogP contribution in [0.4, 0.5) is 0 Å². The Morgan fingerprint density at radius 3 is 2.75 bits per heavy atom. The van der Waals surface area contributed by atoms with Gasteiger partial charge < -0.3 is 4.90 Å². The van der Waals surface area contributed by atoms with Crippen molar-refractivity contribution in [2.45, 2.75) is 51.1 Å². The number of nitrogens with zero attached hydrogens (tertiary/aromatic N) is 2. The number of rotatable bonds is 7. The van der Waals surface area contributed by atoms with Crippen molar-refractivity contribution >= 4 is 38.4 Å². The monoisotopic (exact) mass is 420 g/mol. The van der Waals surface area contributed by atoms with Crippen LogP contribution in [0.1, 0.15) is 37.3 Å². The average molecular weight is 421 g/mol. The number of aryl methyl sites for hydroxylation is 2. The second-order valence-electron chi connectivity index (χ2n) is 7.53. The lowest BCUT2D eigenvalue weighted by atomic mass is 10.1. The Kier molecular flexibility index (Phi) is 6.65. The van der Waals surface area contributed by atoms with E-state index in [0.29, 0.717) is 13.0 Å². The molecule has 2 aromatic rings. The minimum atomic E-state index is -3.01. The lowest BCUT2D eigenvalue weighted by Crippen LogP contribution is -2.42. The molecule has 152 valence electrons. The molecule has 1 fully saturated rings. The first-order chi connectivity index (χ1) is 13.3. The van der Waals surface area contributed by atoms with Crippen LogP contribution >= 0.6 is 11.8 Å². The van der Waals surface area contributed by atoms with E-state index in [1.54, 1.807) is 4.90 Å². The number of carbonyl (C=O) groups is 1. The van der Waals surface area contributed by atoms with Crippen LogP contribution in [0, 0.1) is 13.8 Å². The molecule has 5 nitrogen and oxygen atoms in total. The Bertz CT molecular complexity index is 973. The van der Waals surface area contributed by atoms with Crippen LogP contribution in [0.25, 0.3) is 10.9 Å². The Balaban J connectivity index is 1.73. The summed E-state index contributed by atoms with van der Waals surface area (Å²) in [5.41, 5.74) is 3.24. The van der Waals surface area contributed by atoms with Gasteiger partial charge in [0.15, 0.2) is 9.84 Å². The molecule has 0 spiro atoms. The summed E-state index contributed by atoms with van der Waals surface area (Å²) in [6.07, 6.45) is 2.41. The summed E-state index contributed by atoms with van der Waals surface area (Å²) < 4.78 is 23.7. The van der Waals surface area contributed by atoms with E-state index in [4.69, 9.17) is 4.98 Å². The van der Waals surface area contributed by atoms with Gasteiger partial charge in [-0.15, -0.1) is 0 Å². The highest BCUT2D eigenvalue weighted by Crippen LogP contribution is 2.26. The van der Waals surface area contributed by atoms with Crippen molar-refractivity contribution in [2.75, 3.05) is 23.8 Å². The molecule has 0 N–H and O–H groups in total. The van der Waals surface area contributed by atoms with Crippen molar-refractivity contribution in [2.24, 2.45) is 0 Å². The van der Waals surface area contributed by atoms with Gasteiger partial charge in [0.1, 0.15) is 0 Å². The molecule has 1 aliphatic heterocycles. The lowest BCUT2D eigenvalue weighted by molar-refractivity contribution is -0.130. The van der Waals surface area contributed by atoms with E-state index >= 15 is 0 Å². The second-order valence-corrected chi connectivity index (χ2v) is 10.8. The van der Waals surface area contributed by atoms with E-state index in [-0.39, 0.29) is 29.2 Å². The maximum atomic E-state index is 12.9. The van der Waals surface area contributed by atoms with E-state index in [1.165, 1.54) is 11.8 Å². The molecule has 0 bridgehead atoms. The molecule has 1 unspecified atom stereocenters. The summed E-state index contributed by atoms with van der Waals surface area (Å²) in [6, 6.07) is 7.98. The highest BCUT2D eigenvalue weighted by molar-refractivity contribution is 7.99. The molecule has 0 aliphatic carbocycles. The van der Waals surface area contributed by atoms with Crippen molar-refractivity contribution in [3.63, 3.8) is 0 Å². The van der Waals surface area contributed by atoms with Crippen molar-refractivity contribution in [3.05, 3.63) is 35.4 Å². The number of amides is 1. The fourth-order valence-corrected chi connectivity index (χ4v) is 6.27. The second kappa shape index (κ2) is 8.82. The summed E-state index contributed by atoms with van der Waals surface area (Å²) >= 11 is 1.43. The number of para-hydroxylation sites is 1. The van der Waals surface area contributed by atoms with E-state index in [2.05, 4.69) is 19.9 Å². The number of fused-ring (bicyclic) bond motifs is 1. The van der Waals surface area contributed by atoms with Gasteiger partial charge >= 0.3 is 0 Å². The number of unbranched alkanes of at least 4 members (excludes halogenated alkanes) is 1. The smallest absolute Gasteiger partial charge is 0.233 e. The summed E-state index contributed by atoms with van der Waals surface area (Å²) in [6.45, 7) is 6.81. The van der Waals surface area contributed by atoms with Gasteiger partial charge in [-0.05, 0) is 43.9 Å². The van der Waals surface area contributed by atoms with E-state index in [9.17, 15) is 13.2 Å². The largest absolute Gasteiger partial charge is 0.338 e. The number of thioether (sulfide) groups is 1. The zero-order chi connectivity index (χ0) is 20.3. The lowest BCUT2D eigenvalue weighted by Gasteiger charge is -2.28. The van der Waals surface area contributed by atoms with Gasteiger partial charge in [-0.25, -0.2) is 13.4 Å². The Labute approximate surface area is 171 Å². The Morgan fingerprint density at radius 1 is 1.29 bits per heavy atom. The summed E-state index contributed by atoms with van der Waals surface area (Å²) in [7, 11) is -3.01. The number of hydrogen-bond donors (Lipinski definition) is 0. The van der Waals surface area contributed by atoms with Crippen molar-refractivity contribution in [1.29, 1.82) is 0 Å². The topological polar surface area (TPSA) is 67.3 Å². The molecule has 1 aromatic heterocycles. The van der Waals surface area contributed by atoms with Gasteiger partial charge in [-0.3, -0.25) is 4.79 Å². The zero-order valence-electron chi connectivity index (χ0n) is 16.8. The first-order valence-electron chi connectivity index (χ1n) is 9.80. The number of pyridine rings is 1. The molecule has 2 heterocycles. The van der Waals surface area contributed by atoms with E-state index < -0.39 is 9.84 Å². The molecule has 1 amide bonds. The van der Waals surface area contributed by atoms with Crippen LogP contribution in [0.5, 0.6) is 0 Å². The van der Waals surface area contributed by atoms with Crippen molar-refractivity contribution in [3.8, 4) is 0 Å². The first-order valence-corrected chi connectivity index (χ1v) is 12.6. The minimum Gasteiger partial charge on any atom is -0.338 e. The van der Waals surface area contributed by atoms with Crippen LogP contribution in [-0.4, -0.2) is 54.1 Å². The predicted octanol–water partition coefficient (Wildman–Crippen LogP) is 3.76. The van der Waals surface area contributed by atoms with Crippen molar-refractivity contribution < 1.29 is 13.2 Å². The molecule has 1 saturated heterocycles. The van der Waals surface area contributed by atoms with Crippen LogP contribution < -0.4 is 0 Å². The highest BCUT2D eigenvalue weighted by atomic mass is 32.2. The molecule has 1 atom stereocenters. The average Bonchev–Trinajstić information content (AvgIpc) is 3.01. The number of hydrogen-bond acceptors (Lipinski definition) is 5. The third-order valence-electron chi connectivity index (χ3n) is 5.29. The number of aromatic nitrogens is 1. The standard InChI is InChI=1S/C21H28N2O3S2/c1-4-5-10-23(17-9-11-28(25,26)14-17)20(24)13-27-19-12-16(3)18-8-6-7-15(2)21(18)22-19/h6-8,12,17H,4-5,9-11,13-14H2,1-3H3. The Hall–Kier alpha value is -1.60. The molecule has 28 heavy (non-hydrogen) atoms. The number of benzene rings is 1. The summed E-state index contributed by atoms with van der Waals surface area (Å²) in [5, 5.41) is 1.97. The van der Waals surface area contributed by atoms with Crippen LogP contribution in [0.15, 0.2) is 29.3 Å². The SMILES string of the molecule is CCCCN(C(=O)CSc1cc(C)c2cccc(C)c2n1)C1CCS(=O)(=O)C1. The third-order valence-corrected chi connectivity index (χ3v) is 7.94. The minimum absolute atomic E-state index is 0.00452. The number of carbonyl (C=O) groups excluding carboxylic acids is 1. The van der Waals surface area contributed by atoms with Crippen LogP contribution in [0.2, 0.25) is 0 Å². The van der Waals surface area contributed by atoms with Gasteiger partial charge in [-0.1, -0.05) is 43.3 Å². The molecule has 3 rings (SSSR count). The van der Waals surface area contributed by atoms with Crippen LogP contribution in [0.3, 0.4) is 0 Å². The van der Waals surface area contributed by atoms with E-state index in [0.717, 1.165) is 39.9 Å². The predicted molar refractivity (Wildman–Crippen MR) is 116 cm³/mol. The van der Waals surface area contributed by atoms with E-state index in [1.807, 2.05) is 25.1 Å². The summed E-state index contributed by atoms with van der Waals surface area (Å²) in [5.74, 6) is 0.569. The molecular weight excluding hydrogens is 392 g/mol. The van der Waals surface area contributed by atoms with Gasteiger partial charge in [-0.2, -0.15) is 0 Å². The van der Waals surface area contributed by atoms with Gasteiger partial charge in [0, 0.05) is 18.0 Å². The summed E-state index contributed by atoms with van der Waals surface area (Å²) in [4.78, 5) is 19.5. The third kappa shape index (κ3) is 4.87. The first kappa shape index (κ1) is 21.1. The van der Waals surface area contributed by atoms with Gasteiger partial charge in [0.25, 0.3) is 0 Å². The molecule has 1 aromatic carbocycles. The molecule has 0 saturated carbocycles. The quantitative estimate of drug-likeness (QED) is 0.638. The molecule has 1 aliphatic rings. The Morgan fingerprint density at radius 2 is 2.07 bits per heavy atom. The molecular formula is C21H28N2O3S2. The fourth-order valence-electron chi connectivity index (χ4n) is 3.68. The number of sulfone groups is 1.